The first kappa shape index (κ1) is 14.5. The molecule has 0 aromatic heterocycles. The largest absolute Gasteiger partial charge is 0.475 e. The van der Waals surface area contributed by atoms with E-state index >= 15 is 0 Å². The number of nitrogens with zero attached hydrogens (tertiary/aromatic N) is 1. The van der Waals surface area contributed by atoms with Crippen LogP contribution in [-0.2, 0) is 6.54 Å². The van der Waals surface area contributed by atoms with Gasteiger partial charge in [0, 0.05) is 18.2 Å². The van der Waals surface area contributed by atoms with Gasteiger partial charge >= 0.3 is 0 Å². The summed E-state index contributed by atoms with van der Waals surface area (Å²) >= 11 is 0. The standard InChI is InChI=1S/C14H19FN2O/c1-4-13(8-16)18-14-6-5-12(15)7-11(14)9-17-10(2)3/h5-7,10,13,17H,4,9H2,1-3H3. The van der Waals surface area contributed by atoms with Crippen LogP contribution in [0.1, 0.15) is 32.8 Å². The Morgan fingerprint density at radius 1 is 1.44 bits per heavy atom. The maximum absolute atomic E-state index is 13.2. The highest BCUT2D eigenvalue weighted by atomic mass is 19.1. The van der Waals surface area contributed by atoms with Crippen molar-refractivity contribution in [3.05, 3.63) is 29.6 Å². The number of benzene rings is 1. The summed E-state index contributed by atoms with van der Waals surface area (Å²) in [5, 5.41) is 12.1. The van der Waals surface area contributed by atoms with E-state index in [4.69, 9.17) is 10.00 Å². The normalized spacial score (nSPS) is 12.2. The molecule has 0 bridgehead atoms. The highest BCUT2D eigenvalue weighted by molar-refractivity contribution is 5.34. The molecule has 1 unspecified atom stereocenters. The molecule has 0 aliphatic rings. The molecule has 18 heavy (non-hydrogen) atoms. The molecular weight excluding hydrogens is 231 g/mol. The number of nitriles is 1. The first-order valence-electron chi connectivity index (χ1n) is 6.14. The Bertz CT molecular complexity index is 426. The number of nitrogens with one attached hydrogen (secondary N) is 1. The topological polar surface area (TPSA) is 45.0 Å². The van der Waals surface area contributed by atoms with Gasteiger partial charge < -0.3 is 10.1 Å². The minimum atomic E-state index is -0.492. The molecule has 0 amide bonds. The molecule has 98 valence electrons. The van der Waals surface area contributed by atoms with Crippen molar-refractivity contribution in [2.24, 2.45) is 0 Å². The molecule has 0 heterocycles. The smallest absolute Gasteiger partial charge is 0.184 e. The van der Waals surface area contributed by atoms with Crippen molar-refractivity contribution in [2.75, 3.05) is 0 Å². The second kappa shape index (κ2) is 6.97. The van der Waals surface area contributed by atoms with E-state index in [0.29, 0.717) is 24.8 Å². The molecule has 3 nitrogen and oxygen atoms in total. The summed E-state index contributed by atoms with van der Waals surface area (Å²) in [5.41, 5.74) is 0.734. The molecule has 4 heteroatoms. The lowest BCUT2D eigenvalue weighted by molar-refractivity contribution is 0.248. The van der Waals surface area contributed by atoms with E-state index in [1.165, 1.54) is 12.1 Å². The molecule has 1 N–H and O–H groups in total. The maximum atomic E-state index is 13.2. The second-order valence-electron chi connectivity index (χ2n) is 4.43. The minimum absolute atomic E-state index is 0.298. The minimum Gasteiger partial charge on any atom is -0.475 e. The van der Waals surface area contributed by atoms with Crippen LogP contribution in [0.5, 0.6) is 5.75 Å². The van der Waals surface area contributed by atoms with Crippen molar-refractivity contribution in [3.63, 3.8) is 0 Å². The van der Waals surface area contributed by atoms with Gasteiger partial charge in [0.25, 0.3) is 0 Å². The second-order valence-corrected chi connectivity index (χ2v) is 4.43. The Morgan fingerprint density at radius 3 is 2.72 bits per heavy atom. The Balaban J connectivity index is 2.86. The highest BCUT2D eigenvalue weighted by Gasteiger charge is 2.11. The molecule has 0 radical (unpaired) electrons. The van der Waals surface area contributed by atoms with Gasteiger partial charge in [0.15, 0.2) is 6.10 Å². The van der Waals surface area contributed by atoms with Gasteiger partial charge in [0.05, 0.1) is 0 Å². The summed E-state index contributed by atoms with van der Waals surface area (Å²) in [7, 11) is 0. The van der Waals surface area contributed by atoms with E-state index in [2.05, 4.69) is 11.4 Å². The molecule has 0 aliphatic heterocycles. The Labute approximate surface area is 108 Å². The van der Waals surface area contributed by atoms with Gasteiger partial charge in [-0.25, -0.2) is 4.39 Å². The molecule has 1 rings (SSSR count). The van der Waals surface area contributed by atoms with Gasteiger partial charge in [0.1, 0.15) is 17.6 Å². The van der Waals surface area contributed by atoms with Gasteiger partial charge in [-0.3, -0.25) is 0 Å². The van der Waals surface area contributed by atoms with Gasteiger partial charge in [-0.2, -0.15) is 5.26 Å². The monoisotopic (exact) mass is 250 g/mol. The van der Waals surface area contributed by atoms with Crippen molar-refractivity contribution in [2.45, 2.75) is 45.9 Å². The van der Waals surface area contributed by atoms with Crippen molar-refractivity contribution < 1.29 is 9.13 Å². The predicted molar refractivity (Wildman–Crippen MR) is 68.7 cm³/mol. The van der Waals surface area contributed by atoms with Crippen LogP contribution in [-0.4, -0.2) is 12.1 Å². The van der Waals surface area contributed by atoms with Crippen LogP contribution < -0.4 is 10.1 Å². The van der Waals surface area contributed by atoms with Crippen LogP contribution in [0.3, 0.4) is 0 Å². The molecular formula is C14H19FN2O. The van der Waals surface area contributed by atoms with Crippen LogP contribution >= 0.6 is 0 Å². The van der Waals surface area contributed by atoms with Crippen LogP contribution in [0.15, 0.2) is 18.2 Å². The molecule has 0 fully saturated rings. The molecule has 1 aromatic carbocycles. The van der Waals surface area contributed by atoms with Crippen molar-refractivity contribution in [3.8, 4) is 11.8 Å². The lowest BCUT2D eigenvalue weighted by atomic mass is 10.1. The first-order chi connectivity index (χ1) is 8.56. The molecule has 1 atom stereocenters. The van der Waals surface area contributed by atoms with E-state index in [9.17, 15) is 4.39 Å². The number of rotatable bonds is 6. The third kappa shape index (κ3) is 4.34. The summed E-state index contributed by atoms with van der Waals surface area (Å²) in [5.74, 6) is 0.269. The van der Waals surface area contributed by atoms with Crippen LogP contribution in [0.2, 0.25) is 0 Å². The van der Waals surface area contributed by atoms with E-state index < -0.39 is 6.10 Å². The fourth-order valence-electron chi connectivity index (χ4n) is 1.47. The Hall–Kier alpha value is -1.60. The van der Waals surface area contributed by atoms with Gasteiger partial charge in [-0.1, -0.05) is 20.8 Å². The predicted octanol–water partition coefficient (Wildman–Crippen LogP) is 3.00. The molecule has 1 aromatic rings. The Morgan fingerprint density at radius 2 is 2.17 bits per heavy atom. The Kier molecular flexibility index (Phi) is 5.60. The lowest BCUT2D eigenvalue weighted by Crippen LogP contribution is -2.23. The first-order valence-corrected chi connectivity index (χ1v) is 6.14. The third-order valence-electron chi connectivity index (χ3n) is 2.51. The molecule has 0 spiro atoms. The molecule has 0 aliphatic carbocycles. The fraction of sp³-hybridized carbons (Fsp3) is 0.500. The van der Waals surface area contributed by atoms with Gasteiger partial charge in [-0.15, -0.1) is 0 Å². The van der Waals surface area contributed by atoms with E-state index in [-0.39, 0.29) is 5.82 Å². The molecule has 0 saturated carbocycles. The maximum Gasteiger partial charge on any atom is 0.184 e. The summed E-state index contributed by atoms with van der Waals surface area (Å²) in [4.78, 5) is 0. The molecule has 0 saturated heterocycles. The van der Waals surface area contributed by atoms with Gasteiger partial charge in [0.2, 0.25) is 0 Å². The zero-order chi connectivity index (χ0) is 13.5. The van der Waals surface area contributed by atoms with Crippen LogP contribution in [0, 0.1) is 17.1 Å². The van der Waals surface area contributed by atoms with Crippen LogP contribution in [0.25, 0.3) is 0 Å². The average molecular weight is 250 g/mol. The SMILES string of the molecule is CCC(C#N)Oc1ccc(F)cc1CNC(C)C. The van der Waals surface area contributed by atoms with Crippen molar-refractivity contribution >= 4 is 0 Å². The van der Waals surface area contributed by atoms with Crippen LogP contribution in [0.4, 0.5) is 4.39 Å². The number of ether oxygens (including phenoxy) is 1. The van der Waals surface area contributed by atoms with E-state index in [1.807, 2.05) is 20.8 Å². The zero-order valence-electron chi connectivity index (χ0n) is 11.0. The summed E-state index contributed by atoms with van der Waals surface area (Å²) in [6.45, 7) is 6.43. The third-order valence-corrected chi connectivity index (χ3v) is 2.51. The average Bonchev–Trinajstić information content (AvgIpc) is 2.35. The van der Waals surface area contributed by atoms with E-state index in [0.717, 1.165) is 5.56 Å². The number of halogens is 1. The lowest BCUT2D eigenvalue weighted by Gasteiger charge is -2.16. The highest BCUT2D eigenvalue weighted by Crippen LogP contribution is 2.21. The van der Waals surface area contributed by atoms with Gasteiger partial charge in [-0.05, 0) is 24.6 Å². The van der Waals surface area contributed by atoms with Crippen molar-refractivity contribution in [1.29, 1.82) is 5.26 Å². The van der Waals surface area contributed by atoms with Crippen molar-refractivity contribution in [1.82, 2.24) is 5.32 Å². The quantitative estimate of drug-likeness (QED) is 0.844. The summed E-state index contributed by atoms with van der Waals surface area (Å²) in [6.07, 6.45) is 0.110. The fourth-order valence-corrected chi connectivity index (χ4v) is 1.47. The summed E-state index contributed by atoms with van der Waals surface area (Å²) in [6, 6.07) is 6.74. The number of hydrogen-bond donors (Lipinski definition) is 1. The number of hydrogen-bond acceptors (Lipinski definition) is 3. The zero-order valence-corrected chi connectivity index (χ0v) is 11.0. The summed E-state index contributed by atoms with van der Waals surface area (Å²) < 4.78 is 18.8. The van der Waals surface area contributed by atoms with E-state index in [1.54, 1.807) is 6.07 Å².